The van der Waals surface area contributed by atoms with Gasteiger partial charge in [0.25, 0.3) is 0 Å². The minimum Gasteiger partial charge on any atom is -0.496 e. The third-order valence-electron chi connectivity index (χ3n) is 2.15. The van der Waals surface area contributed by atoms with E-state index < -0.39 is 17.1 Å². The molecule has 0 saturated heterocycles. The maximum atomic E-state index is 12.5. The van der Waals surface area contributed by atoms with Crippen molar-refractivity contribution >= 4 is 17.9 Å². The predicted octanol–water partition coefficient (Wildman–Crippen LogP) is 3.06. The van der Waals surface area contributed by atoms with Gasteiger partial charge in [0.05, 0.1) is 18.1 Å². The van der Waals surface area contributed by atoms with Crippen LogP contribution in [0.2, 0.25) is 0 Å². The topological polar surface area (TPSA) is 26.3 Å². The highest BCUT2D eigenvalue weighted by atomic mass is 35.5. The molecule has 1 aromatic carbocycles. The van der Waals surface area contributed by atoms with Gasteiger partial charge in [-0.15, -0.1) is 11.6 Å². The molecule has 0 heterocycles. The fourth-order valence-corrected chi connectivity index (χ4v) is 1.55. The first-order valence-corrected chi connectivity index (χ1v) is 5.15. The summed E-state index contributed by atoms with van der Waals surface area (Å²) >= 11 is 5.59. The van der Waals surface area contributed by atoms with E-state index in [2.05, 4.69) is 4.74 Å². The van der Waals surface area contributed by atoms with Crippen LogP contribution in [0.3, 0.4) is 0 Å². The molecule has 1 aromatic rings. The van der Waals surface area contributed by atoms with Crippen molar-refractivity contribution in [2.45, 2.75) is 18.0 Å². The number of methoxy groups -OCH3 is 1. The maximum Gasteiger partial charge on any atom is 0.419 e. The first-order chi connectivity index (χ1) is 7.88. The lowest BCUT2D eigenvalue weighted by molar-refractivity contribution is -0.138. The number of alkyl halides is 4. The lowest BCUT2D eigenvalue weighted by Crippen LogP contribution is -2.09. The van der Waals surface area contributed by atoms with E-state index in [4.69, 9.17) is 11.6 Å². The molecular weight excluding hydrogens is 257 g/mol. The third-order valence-corrected chi connectivity index (χ3v) is 2.41. The van der Waals surface area contributed by atoms with Gasteiger partial charge in [0.2, 0.25) is 0 Å². The van der Waals surface area contributed by atoms with Crippen LogP contribution in [0.5, 0.6) is 5.75 Å². The van der Waals surface area contributed by atoms with Crippen LogP contribution in [0, 0.1) is 0 Å². The van der Waals surface area contributed by atoms with Gasteiger partial charge >= 0.3 is 6.18 Å². The molecule has 6 heteroatoms. The van der Waals surface area contributed by atoms with Crippen LogP contribution < -0.4 is 4.74 Å². The van der Waals surface area contributed by atoms with Crippen LogP contribution in [0.4, 0.5) is 13.2 Å². The summed E-state index contributed by atoms with van der Waals surface area (Å²) in [5.74, 6) is -0.273. The fourth-order valence-electron chi connectivity index (χ4n) is 1.37. The molecule has 0 aromatic heterocycles. The SMILES string of the molecule is COc1cc(CC(Cl)C=O)ccc1C(F)(F)F. The highest BCUT2D eigenvalue weighted by Crippen LogP contribution is 2.36. The predicted molar refractivity (Wildman–Crippen MR) is 57.4 cm³/mol. The molecule has 0 fully saturated rings. The number of hydrogen-bond donors (Lipinski definition) is 0. The summed E-state index contributed by atoms with van der Waals surface area (Å²) in [6.07, 6.45) is -3.76. The minimum atomic E-state index is -4.46. The number of benzene rings is 1. The van der Waals surface area contributed by atoms with Gasteiger partial charge in [-0.25, -0.2) is 0 Å². The van der Waals surface area contributed by atoms with Gasteiger partial charge in [-0.2, -0.15) is 13.2 Å². The Balaban J connectivity index is 3.04. The Labute approximate surface area is 101 Å². The Bertz CT molecular complexity index is 404. The zero-order valence-corrected chi connectivity index (χ0v) is 9.68. The Hall–Kier alpha value is -1.23. The molecule has 0 bridgehead atoms. The minimum absolute atomic E-state index is 0.166. The normalized spacial score (nSPS) is 13.2. The molecule has 0 amide bonds. The molecule has 0 radical (unpaired) electrons. The summed E-state index contributed by atoms with van der Waals surface area (Å²) in [5.41, 5.74) is -0.331. The number of carbonyl (C=O) groups is 1. The highest BCUT2D eigenvalue weighted by molar-refractivity contribution is 6.27. The molecule has 94 valence electrons. The van der Waals surface area contributed by atoms with Crippen molar-refractivity contribution in [1.29, 1.82) is 0 Å². The fraction of sp³-hybridized carbons (Fsp3) is 0.364. The van der Waals surface area contributed by atoms with E-state index in [1.807, 2.05) is 0 Å². The third kappa shape index (κ3) is 3.63. The second-order valence-corrected chi connectivity index (χ2v) is 3.95. The van der Waals surface area contributed by atoms with Gasteiger partial charge in [0, 0.05) is 0 Å². The Morgan fingerprint density at radius 3 is 2.59 bits per heavy atom. The average Bonchev–Trinajstić information content (AvgIpc) is 2.27. The lowest BCUT2D eigenvalue weighted by atomic mass is 10.1. The number of hydrogen-bond acceptors (Lipinski definition) is 2. The molecule has 2 nitrogen and oxygen atoms in total. The van der Waals surface area contributed by atoms with Gasteiger partial charge in [0.1, 0.15) is 12.0 Å². The monoisotopic (exact) mass is 266 g/mol. The first kappa shape index (κ1) is 13.8. The molecule has 1 rings (SSSR count). The van der Waals surface area contributed by atoms with E-state index in [-0.39, 0.29) is 12.2 Å². The van der Waals surface area contributed by atoms with Crippen molar-refractivity contribution in [3.8, 4) is 5.75 Å². The molecule has 0 saturated carbocycles. The first-order valence-electron chi connectivity index (χ1n) is 4.72. The van der Waals surface area contributed by atoms with E-state index >= 15 is 0 Å². The smallest absolute Gasteiger partial charge is 0.419 e. The van der Waals surface area contributed by atoms with Gasteiger partial charge in [-0.05, 0) is 24.1 Å². The van der Waals surface area contributed by atoms with E-state index in [0.717, 1.165) is 13.2 Å². The van der Waals surface area contributed by atoms with Crippen LogP contribution in [-0.4, -0.2) is 18.8 Å². The lowest BCUT2D eigenvalue weighted by Gasteiger charge is -2.13. The van der Waals surface area contributed by atoms with Gasteiger partial charge in [0.15, 0.2) is 0 Å². The van der Waals surface area contributed by atoms with Gasteiger partial charge in [-0.3, -0.25) is 0 Å². The molecule has 0 aliphatic rings. The summed E-state index contributed by atoms with van der Waals surface area (Å²) in [6, 6.07) is 3.44. The van der Waals surface area contributed by atoms with Crippen molar-refractivity contribution in [1.82, 2.24) is 0 Å². The molecule has 0 aliphatic carbocycles. The quantitative estimate of drug-likeness (QED) is 0.618. The number of aldehydes is 1. The van der Waals surface area contributed by atoms with Crippen LogP contribution in [0.1, 0.15) is 11.1 Å². The largest absolute Gasteiger partial charge is 0.496 e. The van der Waals surface area contributed by atoms with Gasteiger partial charge in [-0.1, -0.05) is 6.07 Å². The highest BCUT2D eigenvalue weighted by Gasteiger charge is 2.34. The second-order valence-electron chi connectivity index (χ2n) is 3.39. The van der Waals surface area contributed by atoms with E-state index in [1.54, 1.807) is 0 Å². The van der Waals surface area contributed by atoms with Crippen molar-refractivity contribution in [2.75, 3.05) is 7.11 Å². The van der Waals surface area contributed by atoms with Crippen LogP contribution in [-0.2, 0) is 17.4 Å². The van der Waals surface area contributed by atoms with Gasteiger partial charge < -0.3 is 9.53 Å². The van der Waals surface area contributed by atoms with Crippen molar-refractivity contribution in [3.63, 3.8) is 0 Å². The number of rotatable bonds is 4. The maximum absolute atomic E-state index is 12.5. The molecule has 0 aliphatic heterocycles. The summed E-state index contributed by atoms with van der Waals surface area (Å²) in [7, 11) is 1.16. The second kappa shape index (κ2) is 5.40. The van der Waals surface area contributed by atoms with Crippen molar-refractivity contribution in [3.05, 3.63) is 29.3 Å². The average molecular weight is 267 g/mol. The van der Waals surface area contributed by atoms with Crippen molar-refractivity contribution < 1.29 is 22.7 Å². The van der Waals surface area contributed by atoms with Crippen molar-refractivity contribution in [2.24, 2.45) is 0 Å². The molecule has 0 spiro atoms. The Morgan fingerprint density at radius 1 is 1.47 bits per heavy atom. The number of carbonyl (C=O) groups excluding carboxylic acids is 1. The molecule has 0 N–H and O–H groups in total. The van der Waals surface area contributed by atoms with E-state index in [1.165, 1.54) is 12.1 Å². The zero-order valence-electron chi connectivity index (χ0n) is 8.92. The standard InChI is InChI=1S/C11H10ClF3O2/c1-17-10-5-7(4-8(12)6-16)2-3-9(10)11(13,14)15/h2-3,5-6,8H,4H2,1H3. The number of halogens is 4. The summed E-state index contributed by atoms with van der Waals surface area (Å²) in [5, 5.41) is -0.753. The Kier molecular flexibility index (Phi) is 4.40. The molecule has 17 heavy (non-hydrogen) atoms. The summed E-state index contributed by atoms with van der Waals surface area (Å²) in [4.78, 5) is 10.3. The molecule has 1 atom stereocenters. The van der Waals surface area contributed by atoms with Crippen LogP contribution in [0.15, 0.2) is 18.2 Å². The Morgan fingerprint density at radius 2 is 2.12 bits per heavy atom. The van der Waals surface area contributed by atoms with Crippen LogP contribution in [0.25, 0.3) is 0 Å². The zero-order chi connectivity index (χ0) is 13.1. The molecule has 1 unspecified atom stereocenters. The van der Waals surface area contributed by atoms with E-state index in [0.29, 0.717) is 11.8 Å². The summed E-state index contributed by atoms with van der Waals surface area (Å²) in [6.45, 7) is 0. The van der Waals surface area contributed by atoms with Crippen LogP contribution >= 0.6 is 11.6 Å². The number of ether oxygens (including phenoxy) is 1. The van der Waals surface area contributed by atoms with E-state index in [9.17, 15) is 18.0 Å². The molecular formula is C11H10ClF3O2. The summed E-state index contributed by atoms with van der Waals surface area (Å²) < 4.78 is 42.3.